The van der Waals surface area contributed by atoms with E-state index in [0.29, 0.717) is 32.1 Å². The molecular weight excluding hydrogens is 270 g/mol. The zero-order valence-electron chi connectivity index (χ0n) is 13.1. The molecule has 6 nitrogen and oxygen atoms in total. The SMILES string of the molecule is CN1CCCCC1CNC(=O)N1CCCC(C)(C(=O)O)C1. The number of urea groups is 1. The minimum Gasteiger partial charge on any atom is -0.481 e. The first-order valence-electron chi connectivity index (χ1n) is 7.89. The normalized spacial score (nSPS) is 31.0. The Hall–Kier alpha value is -1.30. The molecule has 0 aromatic carbocycles. The van der Waals surface area contributed by atoms with Crippen LogP contribution in [0.4, 0.5) is 4.79 Å². The van der Waals surface area contributed by atoms with Gasteiger partial charge in [-0.05, 0) is 46.2 Å². The van der Waals surface area contributed by atoms with Gasteiger partial charge in [-0.15, -0.1) is 0 Å². The highest BCUT2D eigenvalue weighted by molar-refractivity contribution is 5.78. The molecule has 2 heterocycles. The fourth-order valence-electron chi connectivity index (χ4n) is 3.31. The fraction of sp³-hybridized carbons (Fsp3) is 0.867. The maximum atomic E-state index is 12.3. The molecule has 0 aromatic rings. The maximum absolute atomic E-state index is 12.3. The van der Waals surface area contributed by atoms with Crippen LogP contribution in [0.3, 0.4) is 0 Å². The van der Waals surface area contributed by atoms with Crippen molar-refractivity contribution in [2.24, 2.45) is 5.41 Å². The number of nitrogens with one attached hydrogen (secondary N) is 1. The van der Waals surface area contributed by atoms with Gasteiger partial charge >= 0.3 is 12.0 Å². The molecule has 0 radical (unpaired) electrons. The predicted molar refractivity (Wildman–Crippen MR) is 80.2 cm³/mol. The Morgan fingerprint density at radius 3 is 2.71 bits per heavy atom. The summed E-state index contributed by atoms with van der Waals surface area (Å²) in [6.45, 7) is 4.41. The summed E-state index contributed by atoms with van der Waals surface area (Å²) in [7, 11) is 2.10. The van der Waals surface area contributed by atoms with E-state index in [0.717, 1.165) is 19.4 Å². The maximum Gasteiger partial charge on any atom is 0.317 e. The number of aliphatic carboxylic acids is 1. The average Bonchev–Trinajstić information content (AvgIpc) is 2.46. The molecule has 2 aliphatic heterocycles. The molecule has 2 saturated heterocycles. The first-order valence-corrected chi connectivity index (χ1v) is 7.89. The van der Waals surface area contributed by atoms with E-state index in [9.17, 15) is 14.7 Å². The molecule has 2 rings (SSSR count). The largest absolute Gasteiger partial charge is 0.481 e. The van der Waals surface area contributed by atoms with Crippen LogP contribution in [0.15, 0.2) is 0 Å². The van der Waals surface area contributed by atoms with Crippen LogP contribution in [0.2, 0.25) is 0 Å². The highest BCUT2D eigenvalue weighted by Crippen LogP contribution is 2.29. The van der Waals surface area contributed by atoms with Crippen LogP contribution in [-0.4, -0.2) is 66.2 Å². The van der Waals surface area contributed by atoms with E-state index in [4.69, 9.17) is 0 Å². The quantitative estimate of drug-likeness (QED) is 0.825. The van der Waals surface area contributed by atoms with Gasteiger partial charge < -0.3 is 20.2 Å². The van der Waals surface area contributed by atoms with Crippen molar-refractivity contribution < 1.29 is 14.7 Å². The Morgan fingerprint density at radius 2 is 2.05 bits per heavy atom. The Kier molecular flexibility index (Phi) is 5.08. The third-order valence-electron chi connectivity index (χ3n) is 4.91. The first-order chi connectivity index (χ1) is 9.92. The number of amides is 2. The fourth-order valence-corrected chi connectivity index (χ4v) is 3.31. The lowest BCUT2D eigenvalue weighted by Crippen LogP contribution is -2.53. The zero-order chi connectivity index (χ0) is 15.5. The number of carboxylic acid groups (broad SMARTS) is 1. The van der Waals surface area contributed by atoms with E-state index in [2.05, 4.69) is 17.3 Å². The van der Waals surface area contributed by atoms with Gasteiger partial charge in [0.15, 0.2) is 0 Å². The van der Waals surface area contributed by atoms with Gasteiger partial charge in [0.25, 0.3) is 0 Å². The smallest absolute Gasteiger partial charge is 0.317 e. The number of hydrogen-bond acceptors (Lipinski definition) is 3. The standard InChI is InChI=1S/C15H27N3O3/c1-15(13(19)20)7-5-9-18(11-15)14(21)16-10-12-6-3-4-8-17(12)2/h12H,3-11H2,1-2H3,(H,16,21)(H,19,20). The van der Waals surface area contributed by atoms with E-state index in [-0.39, 0.29) is 6.03 Å². The van der Waals surface area contributed by atoms with Crippen molar-refractivity contribution in [1.29, 1.82) is 0 Å². The van der Waals surface area contributed by atoms with Crippen molar-refractivity contribution in [2.75, 3.05) is 33.2 Å². The summed E-state index contributed by atoms with van der Waals surface area (Å²) in [6.07, 6.45) is 4.94. The molecule has 6 heteroatoms. The molecule has 0 bridgehead atoms. The monoisotopic (exact) mass is 297 g/mol. The van der Waals surface area contributed by atoms with E-state index in [1.165, 1.54) is 12.8 Å². The van der Waals surface area contributed by atoms with Gasteiger partial charge in [-0.3, -0.25) is 4.79 Å². The molecule has 0 saturated carbocycles. The average molecular weight is 297 g/mol. The van der Waals surface area contributed by atoms with Crippen LogP contribution in [0.5, 0.6) is 0 Å². The minimum absolute atomic E-state index is 0.124. The number of carboxylic acids is 1. The third kappa shape index (κ3) is 3.87. The molecule has 0 spiro atoms. The lowest BCUT2D eigenvalue weighted by Gasteiger charge is -2.38. The molecule has 2 amide bonds. The highest BCUT2D eigenvalue weighted by Gasteiger charge is 2.39. The second-order valence-electron chi connectivity index (χ2n) is 6.71. The summed E-state index contributed by atoms with van der Waals surface area (Å²) >= 11 is 0. The molecule has 2 aliphatic rings. The number of carbonyl (C=O) groups excluding carboxylic acids is 1. The summed E-state index contributed by atoms with van der Waals surface area (Å²) in [5.74, 6) is -0.813. The van der Waals surface area contributed by atoms with Gasteiger partial charge in [0.1, 0.15) is 0 Å². The predicted octanol–water partition coefficient (Wildman–Crippen LogP) is 1.37. The van der Waals surface area contributed by atoms with Crippen LogP contribution in [0, 0.1) is 5.41 Å². The molecular formula is C15H27N3O3. The second-order valence-corrected chi connectivity index (χ2v) is 6.71. The van der Waals surface area contributed by atoms with Gasteiger partial charge in [-0.25, -0.2) is 4.79 Å². The van der Waals surface area contributed by atoms with Gasteiger partial charge in [0.2, 0.25) is 0 Å². The van der Waals surface area contributed by atoms with Gasteiger partial charge in [-0.2, -0.15) is 0 Å². The van der Waals surface area contributed by atoms with Crippen molar-refractivity contribution in [2.45, 2.75) is 45.1 Å². The summed E-state index contributed by atoms with van der Waals surface area (Å²) in [4.78, 5) is 27.5. The Labute approximate surface area is 126 Å². The highest BCUT2D eigenvalue weighted by atomic mass is 16.4. The van der Waals surface area contributed by atoms with E-state index < -0.39 is 11.4 Å². The van der Waals surface area contributed by atoms with Crippen LogP contribution < -0.4 is 5.32 Å². The number of rotatable bonds is 3. The van der Waals surface area contributed by atoms with Crippen molar-refractivity contribution in [3.8, 4) is 0 Å². The Morgan fingerprint density at radius 1 is 1.29 bits per heavy atom. The second kappa shape index (κ2) is 6.64. The molecule has 120 valence electrons. The lowest BCUT2D eigenvalue weighted by molar-refractivity contribution is -0.150. The van der Waals surface area contributed by atoms with Crippen molar-refractivity contribution in [1.82, 2.24) is 15.1 Å². The molecule has 0 aliphatic carbocycles. The van der Waals surface area contributed by atoms with Gasteiger partial charge in [0.05, 0.1) is 5.41 Å². The molecule has 0 aromatic heterocycles. The summed E-state index contributed by atoms with van der Waals surface area (Å²) in [5, 5.41) is 12.3. The van der Waals surface area contributed by atoms with Gasteiger partial charge in [-0.1, -0.05) is 6.42 Å². The number of piperidine rings is 2. The molecule has 2 unspecified atom stereocenters. The van der Waals surface area contributed by atoms with Crippen molar-refractivity contribution in [3.63, 3.8) is 0 Å². The Balaban J connectivity index is 1.84. The zero-order valence-corrected chi connectivity index (χ0v) is 13.1. The van der Waals surface area contributed by atoms with E-state index in [1.54, 1.807) is 11.8 Å². The molecule has 2 atom stereocenters. The number of likely N-dealkylation sites (N-methyl/N-ethyl adjacent to an activating group) is 1. The van der Waals surface area contributed by atoms with E-state index >= 15 is 0 Å². The lowest BCUT2D eigenvalue weighted by atomic mass is 9.82. The summed E-state index contributed by atoms with van der Waals surface area (Å²) in [6, 6.07) is 0.277. The number of hydrogen-bond donors (Lipinski definition) is 2. The number of nitrogens with zero attached hydrogens (tertiary/aromatic N) is 2. The third-order valence-corrected chi connectivity index (χ3v) is 4.91. The number of carbonyl (C=O) groups is 2. The van der Waals surface area contributed by atoms with Crippen molar-refractivity contribution >= 4 is 12.0 Å². The number of likely N-dealkylation sites (tertiary alicyclic amines) is 2. The molecule has 21 heavy (non-hydrogen) atoms. The van der Waals surface area contributed by atoms with Crippen LogP contribution >= 0.6 is 0 Å². The van der Waals surface area contributed by atoms with Crippen LogP contribution in [-0.2, 0) is 4.79 Å². The Bertz CT molecular complexity index is 402. The van der Waals surface area contributed by atoms with Crippen LogP contribution in [0.25, 0.3) is 0 Å². The first kappa shape index (κ1) is 16.1. The topological polar surface area (TPSA) is 72.9 Å². The van der Waals surface area contributed by atoms with Crippen LogP contribution in [0.1, 0.15) is 39.0 Å². The van der Waals surface area contributed by atoms with E-state index in [1.807, 2.05) is 0 Å². The summed E-state index contributed by atoms with van der Waals surface area (Å²) < 4.78 is 0. The molecule has 2 N–H and O–H groups in total. The molecule has 2 fully saturated rings. The summed E-state index contributed by atoms with van der Waals surface area (Å²) in [5.41, 5.74) is -0.808. The van der Waals surface area contributed by atoms with Gasteiger partial charge in [0, 0.05) is 25.7 Å². The minimum atomic E-state index is -0.813. The van der Waals surface area contributed by atoms with Crippen molar-refractivity contribution in [3.05, 3.63) is 0 Å².